The Hall–Kier alpha value is -3.69. The summed E-state index contributed by atoms with van der Waals surface area (Å²) in [5, 5.41) is 11.8. The van der Waals surface area contributed by atoms with E-state index in [1.165, 1.54) is 6.92 Å². The number of anilines is 2. The second-order valence-corrected chi connectivity index (χ2v) is 6.90. The number of carbonyl (C=O) groups excluding carboxylic acids is 2. The van der Waals surface area contributed by atoms with Gasteiger partial charge in [0.15, 0.2) is 6.61 Å². The van der Waals surface area contributed by atoms with Crippen LogP contribution in [0, 0.1) is 0 Å². The number of aryl methyl sites for hydroxylation is 1. The molecule has 10 heteroatoms. The maximum absolute atomic E-state index is 11.9. The van der Waals surface area contributed by atoms with Gasteiger partial charge in [-0.05, 0) is 17.7 Å². The summed E-state index contributed by atoms with van der Waals surface area (Å²) in [5.41, 5.74) is 2.81. The van der Waals surface area contributed by atoms with E-state index in [0.717, 1.165) is 16.8 Å². The maximum atomic E-state index is 11.9. The zero-order chi connectivity index (χ0) is 20.4. The molecule has 29 heavy (non-hydrogen) atoms. The lowest BCUT2D eigenvalue weighted by Crippen LogP contribution is -2.52. The summed E-state index contributed by atoms with van der Waals surface area (Å²) in [7, 11) is 1.86. The van der Waals surface area contributed by atoms with Crippen LogP contribution in [-0.4, -0.2) is 61.0 Å². The first-order chi connectivity index (χ1) is 14.0. The molecule has 10 nitrogen and oxygen atoms in total. The third kappa shape index (κ3) is 4.26. The summed E-state index contributed by atoms with van der Waals surface area (Å²) in [6.07, 6.45) is 9.10. The number of hydrogen-bond acceptors (Lipinski definition) is 7. The molecule has 4 heterocycles. The molecular formula is C19H21N7O3. The standard InChI is InChI=1S/C19H21N7O3/c1-13(27)29-12-19(28)25-10-17(11-25)26-8-15(6-22-26)14-3-4-20-18(5-14)23-16-7-21-24(2)9-16/h3-9,17H,10-12H2,1-2H3,(H,20,23). The molecule has 0 saturated carbocycles. The molecule has 0 spiro atoms. The zero-order valence-electron chi connectivity index (χ0n) is 16.1. The molecule has 0 radical (unpaired) electrons. The van der Waals surface area contributed by atoms with Crippen molar-refractivity contribution in [2.75, 3.05) is 25.0 Å². The lowest BCUT2D eigenvalue weighted by atomic mass is 10.1. The topological polar surface area (TPSA) is 107 Å². The Morgan fingerprint density at radius 2 is 2.03 bits per heavy atom. The summed E-state index contributed by atoms with van der Waals surface area (Å²) in [6, 6.07) is 3.98. The average molecular weight is 395 g/mol. The van der Waals surface area contributed by atoms with E-state index < -0.39 is 5.97 Å². The molecule has 0 atom stereocenters. The molecule has 1 fully saturated rings. The van der Waals surface area contributed by atoms with Gasteiger partial charge in [0, 0.05) is 51.2 Å². The number of aromatic nitrogens is 5. The molecule has 0 aromatic carbocycles. The Morgan fingerprint density at radius 1 is 1.21 bits per heavy atom. The van der Waals surface area contributed by atoms with Crippen molar-refractivity contribution in [1.82, 2.24) is 29.4 Å². The van der Waals surface area contributed by atoms with E-state index >= 15 is 0 Å². The Bertz CT molecular complexity index is 1040. The van der Waals surface area contributed by atoms with E-state index in [2.05, 4.69) is 20.5 Å². The van der Waals surface area contributed by atoms with Crippen molar-refractivity contribution in [1.29, 1.82) is 0 Å². The van der Waals surface area contributed by atoms with Crippen molar-refractivity contribution in [2.45, 2.75) is 13.0 Å². The molecule has 0 aliphatic carbocycles. The van der Waals surface area contributed by atoms with Gasteiger partial charge in [0.1, 0.15) is 5.82 Å². The number of ether oxygens (including phenoxy) is 1. The molecule has 0 unspecified atom stereocenters. The Morgan fingerprint density at radius 3 is 2.76 bits per heavy atom. The Balaban J connectivity index is 1.38. The first kappa shape index (κ1) is 18.7. The number of pyridine rings is 1. The van der Waals surface area contributed by atoms with Crippen LogP contribution in [0.4, 0.5) is 11.5 Å². The molecule has 4 rings (SSSR count). The predicted octanol–water partition coefficient (Wildman–Crippen LogP) is 1.37. The maximum Gasteiger partial charge on any atom is 0.303 e. The quantitative estimate of drug-likeness (QED) is 0.628. The fourth-order valence-electron chi connectivity index (χ4n) is 3.08. The van der Waals surface area contributed by atoms with Crippen LogP contribution in [0.25, 0.3) is 11.1 Å². The summed E-state index contributed by atoms with van der Waals surface area (Å²) in [4.78, 5) is 28.7. The van der Waals surface area contributed by atoms with Gasteiger partial charge in [-0.25, -0.2) is 4.98 Å². The fraction of sp³-hybridized carbons (Fsp3) is 0.316. The molecule has 1 aliphatic heterocycles. The highest BCUT2D eigenvalue weighted by atomic mass is 16.5. The van der Waals surface area contributed by atoms with Crippen molar-refractivity contribution >= 4 is 23.4 Å². The van der Waals surface area contributed by atoms with E-state index in [9.17, 15) is 9.59 Å². The number of hydrogen-bond donors (Lipinski definition) is 1. The highest BCUT2D eigenvalue weighted by molar-refractivity contribution is 5.80. The minimum absolute atomic E-state index is 0.111. The van der Waals surface area contributed by atoms with E-state index in [4.69, 9.17) is 4.74 Å². The second-order valence-electron chi connectivity index (χ2n) is 6.90. The number of esters is 1. The highest BCUT2D eigenvalue weighted by Gasteiger charge is 2.32. The van der Waals surface area contributed by atoms with Crippen LogP contribution >= 0.6 is 0 Å². The lowest BCUT2D eigenvalue weighted by Gasteiger charge is -2.38. The smallest absolute Gasteiger partial charge is 0.303 e. The number of amides is 1. The first-order valence-electron chi connectivity index (χ1n) is 9.15. The first-order valence-corrected chi connectivity index (χ1v) is 9.15. The summed E-state index contributed by atoms with van der Waals surface area (Å²) < 4.78 is 8.33. The van der Waals surface area contributed by atoms with Crippen molar-refractivity contribution < 1.29 is 14.3 Å². The molecule has 3 aromatic heterocycles. The van der Waals surface area contributed by atoms with E-state index in [-0.39, 0.29) is 18.6 Å². The van der Waals surface area contributed by atoms with Crippen LogP contribution < -0.4 is 5.32 Å². The second kappa shape index (κ2) is 7.74. The van der Waals surface area contributed by atoms with Crippen LogP contribution in [0.5, 0.6) is 0 Å². The van der Waals surface area contributed by atoms with Gasteiger partial charge in [-0.3, -0.25) is 19.0 Å². The number of likely N-dealkylation sites (tertiary alicyclic amines) is 1. The summed E-state index contributed by atoms with van der Waals surface area (Å²) in [6.45, 7) is 2.17. The number of nitrogens with one attached hydrogen (secondary N) is 1. The van der Waals surface area contributed by atoms with Crippen LogP contribution in [0.1, 0.15) is 13.0 Å². The number of rotatable bonds is 6. The number of carbonyl (C=O) groups is 2. The van der Waals surface area contributed by atoms with Crippen molar-refractivity contribution in [3.63, 3.8) is 0 Å². The van der Waals surface area contributed by atoms with Gasteiger partial charge < -0.3 is 15.0 Å². The largest absolute Gasteiger partial charge is 0.456 e. The third-order valence-electron chi connectivity index (χ3n) is 4.66. The molecule has 1 saturated heterocycles. The van der Waals surface area contributed by atoms with E-state index in [1.54, 1.807) is 28.2 Å². The zero-order valence-corrected chi connectivity index (χ0v) is 16.1. The van der Waals surface area contributed by atoms with E-state index in [1.807, 2.05) is 36.3 Å². The normalized spacial score (nSPS) is 13.8. The lowest BCUT2D eigenvalue weighted by molar-refractivity contribution is -0.153. The Labute approximate surface area is 167 Å². The van der Waals surface area contributed by atoms with Gasteiger partial charge in [-0.15, -0.1) is 0 Å². The monoisotopic (exact) mass is 395 g/mol. The van der Waals surface area contributed by atoms with Gasteiger partial charge in [-0.1, -0.05) is 0 Å². The van der Waals surface area contributed by atoms with Crippen LogP contribution in [0.15, 0.2) is 43.1 Å². The van der Waals surface area contributed by atoms with Crippen LogP contribution in [0.2, 0.25) is 0 Å². The SMILES string of the molecule is CC(=O)OCC(=O)N1CC(n2cc(-c3ccnc(Nc4cnn(C)c4)c3)cn2)C1. The van der Waals surface area contributed by atoms with Gasteiger partial charge in [0.2, 0.25) is 0 Å². The molecular weight excluding hydrogens is 374 g/mol. The van der Waals surface area contributed by atoms with Crippen molar-refractivity contribution in [3.8, 4) is 11.1 Å². The van der Waals surface area contributed by atoms with Crippen molar-refractivity contribution in [3.05, 3.63) is 43.1 Å². The van der Waals surface area contributed by atoms with Crippen LogP contribution in [0.3, 0.4) is 0 Å². The fourth-order valence-corrected chi connectivity index (χ4v) is 3.08. The van der Waals surface area contributed by atoms with Crippen molar-refractivity contribution in [2.24, 2.45) is 7.05 Å². The summed E-state index contributed by atoms with van der Waals surface area (Å²) >= 11 is 0. The van der Waals surface area contributed by atoms with E-state index in [0.29, 0.717) is 18.9 Å². The summed E-state index contributed by atoms with van der Waals surface area (Å²) in [5.74, 6) is 0.0695. The average Bonchev–Trinajstić information content (AvgIpc) is 3.28. The predicted molar refractivity (Wildman–Crippen MR) is 104 cm³/mol. The van der Waals surface area contributed by atoms with Gasteiger partial charge in [-0.2, -0.15) is 10.2 Å². The highest BCUT2D eigenvalue weighted by Crippen LogP contribution is 2.26. The molecule has 1 amide bonds. The minimum Gasteiger partial charge on any atom is -0.456 e. The molecule has 3 aromatic rings. The Kier molecular flexibility index (Phi) is 4.98. The molecule has 150 valence electrons. The molecule has 1 N–H and O–H groups in total. The molecule has 1 aliphatic rings. The molecule has 0 bridgehead atoms. The van der Waals surface area contributed by atoms with Gasteiger partial charge in [0.25, 0.3) is 5.91 Å². The van der Waals surface area contributed by atoms with Gasteiger partial charge >= 0.3 is 5.97 Å². The number of nitrogens with zero attached hydrogens (tertiary/aromatic N) is 6. The van der Waals surface area contributed by atoms with Gasteiger partial charge in [0.05, 0.1) is 24.1 Å². The minimum atomic E-state index is -0.457. The van der Waals surface area contributed by atoms with Crippen LogP contribution in [-0.2, 0) is 21.4 Å². The third-order valence-corrected chi connectivity index (χ3v) is 4.66.